The lowest BCUT2D eigenvalue weighted by molar-refractivity contribution is -0.217. The van der Waals surface area contributed by atoms with E-state index in [9.17, 15) is 24.4 Å². The lowest BCUT2D eigenvalue weighted by atomic mass is 10.1. The SMILES string of the molecule is N#C[C@]12OC(=O)C(=O)OC1CCN2C(=O)CNCCN1CCN(c2ccccc2)C1=O. The molecule has 3 aliphatic heterocycles. The Morgan fingerprint density at radius 1 is 1.16 bits per heavy atom. The zero-order valence-electron chi connectivity index (χ0n) is 16.7. The van der Waals surface area contributed by atoms with Crippen LogP contribution in [0.15, 0.2) is 30.3 Å². The molecule has 162 valence electrons. The molecule has 31 heavy (non-hydrogen) atoms. The summed E-state index contributed by atoms with van der Waals surface area (Å²) in [6.07, 6.45) is -0.798. The number of ether oxygens (including phenoxy) is 2. The smallest absolute Gasteiger partial charge is 0.420 e. The van der Waals surface area contributed by atoms with E-state index in [0.717, 1.165) is 10.6 Å². The minimum absolute atomic E-state index is 0.0962. The molecule has 1 unspecified atom stereocenters. The second kappa shape index (κ2) is 8.23. The maximum absolute atomic E-state index is 12.6. The highest BCUT2D eigenvalue weighted by Gasteiger charge is 2.61. The summed E-state index contributed by atoms with van der Waals surface area (Å²) >= 11 is 0. The number of likely N-dealkylation sites (tertiary alicyclic amines) is 1. The van der Waals surface area contributed by atoms with Gasteiger partial charge in [-0.15, -0.1) is 0 Å². The van der Waals surface area contributed by atoms with Crippen molar-refractivity contribution >= 4 is 29.6 Å². The van der Waals surface area contributed by atoms with Crippen LogP contribution in [-0.2, 0) is 23.9 Å². The van der Waals surface area contributed by atoms with E-state index in [1.54, 1.807) is 9.80 Å². The highest BCUT2D eigenvalue weighted by molar-refractivity contribution is 6.30. The second-order valence-electron chi connectivity index (χ2n) is 7.36. The van der Waals surface area contributed by atoms with Crippen molar-refractivity contribution in [1.82, 2.24) is 15.1 Å². The van der Waals surface area contributed by atoms with E-state index in [4.69, 9.17) is 9.47 Å². The predicted octanol–water partition coefficient (Wildman–Crippen LogP) is -0.561. The molecule has 0 aliphatic carbocycles. The zero-order valence-corrected chi connectivity index (χ0v) is 16.7. The maximum Gasteiger partial charge on any atom is 0.420 e. The average molecular weight is 427 g/mol. The van der Waals surface area contributed by atoms with Crippen LogP contribution in [0.25, 0.3) is 0 Å². The molecule has 3 heterocycles. The minimum Gasteiger partial charge on any atom is -0.446 e. The number of nitrogens with one attached hydrogen (secondary N) is 1. The third-order valence-corrected chi connectivity index (χ3v) is 5.58. The number of esters is 2. The Bertz CT molecular complexity index is 947. The van der Waals surface area contributed by atoms with Gasteiger partial charge in [0.05, 0.1) is 6.54 Å². The number of carbonyl (C=O) groups is 4. The first-order valence-electron chi connectivity index (χ1n) is 9.94. The molecule has 3 saturated heterocycles. The van der Waals surface area contributed by atoms with Gasteiger partial charge in [-0.3, -0.25) is 14.6 Å². The lowest BCUT2D eigenvalue weighted by Crippen LogP contribution is -2.61. The van der Waals surface area contributed by atoms with E-state index in [2.05, 4.69) is 5.32 Å². The van der Waals surface area contributed by atoms with Crippen molar-refractivity contribution in [2.75, 3.05) is 44.2 Å². The molecule has 0 saturated carbocycles. The van der Waals surface area contributed by atoms with Gasteiger partial charge in [0.25, 0.3) is 0 Å². The number of para-hydroxylation sites is 1. The fraction of sp³-hybridized carbons (Fsp3) is 0.450. The average Bonchev–Trinajstić information content (AvgIpc) is 3.33. The number of benzene rings is 1. The van der Waals surface area contributed by atoms with Crippen molar-refractivity contribution in [3.05, 3.63) is 30.3 Å². The predicted molar refractivity (Wildman–Crippen MR) is 104 cm³/mol. The minimum atomic E-state index is -1.93. The number of nitrogens with zero attached hydrogens (tertiary/aromatic N) is 4. The van der Waals surface area contributed by atoms with Crippen molar-refractivity contribution in [3.8, 4) is 6.07 Å². The van der Waals surface area contributed by atoms with E-state index in [-0.39, 0.29) is 25.5 Å². The Morgan fingerprint density at radius 3 is 2.68 bits per heavy atom. The van der Waals surface area contributed by atoms with Crippen LogP contribution < -0.4 is 10.2 Å². The summed E-state index contributed by atoms with van der Waals surface area (Å²) in [4.78, 5) is 52.7. The van der Waals surface area contributed by atoms with Crippen molar-refractivity contribution in [1.29, 1.82) is 5.26 Å². The first-order valence-corrected chi connectivity index (χ1v) is 9.94. The number of anilines is 1. The summed E-state index contributed by atoms with van der Waals surface area (Å²) in [5.74, 6) is -2.92. The monoisotopic (exact) mass is 427 g/mol. The van der Waals surface area contributed by atoms with Crippen LogP contribution in [-0.4, -0.2) is 84.8 Å². The van der Waals surface area contributed by atoms with Crippen LogP contribution in [0.3, 0.4) is 0 Å². The van der Waals surface area contributed by atoms with Crippen LogP contribution >= 0.6 is 0 Å². The Hall–Kier alpha value is -3.65. The van der Waals surface area contributed by atoms with Gasteiger partial charge in [-0.1, -0.05) is 18.2 Å². The number of fused-ring (bicyclic) bond motifs is 1. The van der Waals surface area contributed by atoms with Gasteiger partial charge in [-0.2, -0.15) is 5.26 Å². The van der Waals surface area contributed by atoms with Crippen molar-refractivity contribution in [2.45, 2.75) is 18.2 Å². The molecule has 0 spiro atoms. The van der Waals surface area contributed by atoms with Crippen LogP contribution in [0.5, 0.6) is 0 Å². The molecule has 2 atom stereocenters. The summed E-state index contributed by atoms with van der Waals surface area (Å²) in [7, 11) is 0. The summed E-state index contributed by atoms with van der Waals surface area (Å²) in [5, 5.41) is 12.5. The maximum atomic E-state index is 12.6. The van der Waals surface area contributed by atoms with Crippen molar-refractivity contribution in [3.63, 3.8) is 0 Å². The van der Waals surface area contributed by atoms with E-state index in [1.807, 2.05) is 36.4 Å². The van der Waals surface area contributed by atoms with E-state index < -0.39 is 29.7 Å². The van der Waals surface area contributed by atoms with Crippen LogP contribution in [0.4, 0.5) is 10.5 Å². The van der Waals surface area contributed by atoms with Gasteiger partial charge >= 0.3 is 23.7 Å². The number of hydrogen-bond donors (Lipinski definition) is 1. The van der Waals surface area contributed by atoms with Crippen molar-refractivity contribution in [2.24, 2.45) is 0 Å². The molecular formula is C20H21N5O6. The van der Waals surface area contributed by atoms with Gasteiger partial charge in [0.1, 0.15) is 6.07 Å². The van der Waals surface area contributed by atoms with Crippen molar-refractivity contribution < 1.29 is 28.7 Å². The number of carbonyl (C=O) groups excluding carboxylic acids is 4. The third-order valence-electron chi connectivity index (χ3n) is 5.58. The second-order valence-corrected chi connectivity index (χ2v) is 7.36. The fourth-order valence-electron chi connectivity index (χ4n) is 4.01. The van der Waals surface area contributed by atoms with E-state index in [1.165, 1.54) is 0 Å². The molecule has 1 N–H and O–H groups in total. The number of amides is 3. The van der Waals surface area contributed by atoms with Crippen LogP contribution in [0.2, 0.25) is 0 Å². The highest BCUT2D eigenvalue weighted by Crippen LogP contribution is 2.36. The number of urea groups is 1. The van der Waals surface area contributed by atoms with Gasteiger partial charge in [0.2, 0.25) is 5.91 Å². The molecule has 1 aromatic carbocycles. The summed E-state index contributed by atoms with van der Waals surface area (Å²) in [5.41, 5.74) is -1.09. The first kappa shape index (κ1) is 20.6. The molecule has 3 fully saturated rings. The topological polar surface area (TPSA) is 132 Å². The normalized spacial score (nSPS) is 25.2. The Kier molecular flexibility index (Phi) is 5.48. The highest BCUT2D eigenvalue weighted by atomic mass is 16.7. The summed E-state index contributed by atoms with van der Waals surface area (Å²) < 4.78 is 9.94. The molecule has 0 aromatic heterocycles. The molecule has 0 radical (unpaired) electrons. The lowest BCUT2D eigenvalue weighted by Gasteiger charge is -2.37. The van der Waals surface area contributed by atoms with Gasteiger partial charge in [-0.25, -0.2) is 14.4 Å². The van der Waals surface area contributed by atoms with E-state index in [0.29, 0.717) is 26.2 Å². The Balaban J connectivity index is 1.27. The standard InChI is InChI=1S/C20H21N5O6/c21-13-20-15(30-17(27)18(28)31-20)6-8-25(20)16(26)12-22-7-9-23-10-11-24(19(23)29)14-4-2-1-3-5-14/h1-5,15,22H,6-12H2/t15?,20-/m0/s1. The Morgan fingerprint density at radius 2 is 1.94 bits per heavy atom. The quantitative estimate of drug-likeness (QED) is 0.363. The molecule has 11 heteroatoms. The first-order chi connectivity index (χ1) is 15.0. The molecule has 1 aromatic rings. The summed E-state index contributed by atoms with van der Waals surface area (Å²) in [6.45, 7) is 1.95. The Labute approximate surface area is 178 Å². The molecule has 4 rings (SSSR count). The molecular weight excluding hydrogens is 406 g/mol. The van der Waals surface area contributed by atoms with E-state index >= 15 is 0 Å². The van der Waals surface area contributed by atoms with Gasteiger partial charge < -0.3 is 19.7 Å². The molecule has 3 amide bonds. The van der Waals surface area contributed by atoms with Gasteiger partial charge in [-0.05, 0) is 12.1 Å². The fourth-order valence-corrected chi connectivity index (χ4v) is 4.01. The molecule has 0 bridgehead atoms. The largest absolute Gasteiger partial charge is 0.446 e. The van der Waals surface area contributed by atoms with Gasteiger partial charge in [0.15, 0.2) is 6.10 Å². The molecule has 3 aliphatic rings. The zero-order chi connectivity index (χ0) is 22.0. The summed E-state index contributed by atoms with van der Waals surface area (Å²) in [6, 6.07) is 11.1. The van der Waals surface area contributed by atoms with Gasteiger partial charge in [0, 0.05) is 44.8 Å². The number of rotatable bonds is 6. The third kappa shape index (κ3) is 3.66. The number of nitriles is 1. The van der Waals surface area contributed by atoms with Crippen LogP contribution in [0, 0.1) is 11.3 Å². The molecule has 11 nitrogen and oxygen atoms in total. The van der Waals surface area contributed by atoms with Crippen LogP contribution in [0.1, 0.15) is 6.42 Å². The number of hydrogen-bond acceptors (Lipinski definition) is 8.